The fraction of sp³-hybridized carbons (Fsp3) is 0.318. The van der Waals surface area contributed by atoms with Crippen molar-refractivity contribution >= 4 is 17.5 Å². The van der Waals surface area contributed by atoms with E-state index in [9.17, 15) is 9.59 Å². The van der Waals surface area contributed by atoms with Gasteiger partial charge in [-0.3, -0.25) is 9.59 Å². The molecule has 8 nitrogen and oxygen atoms in total. The molecule has 8 heteroatoms. The Balaban J connectivity index is 1.25. The number of rotatable bonds is 4. The van der Waals surface area contributed by atoms with Crippen LogP contribution in [0, 0.1) is 11.3 Å². The average Bonchev–Trinajstić information content (AvgIpc) is 2.79. The van der Waals surface area contributed by atoms with Crippen molar-refractivity contribution in [1.29, 1.82) is 5.26 Å². The van der Waals surface area contributed by atoms with Crippen LogP contribution in [0.15, 0.2) is 48.5 Å². The van der Waals surface area contributed by atoms with Crippen molar-refractivity contribution in [3.63, 3.8) is 0 Å². The van der Waals surface area contributed by atoms with Crippen LogP contribution in [0.4, 0.5) is 5.69 Å². The summed E-state index contributed by atoms with van der Waals surface area (Å²) in [5.74, 6) is 1.05. The molecular formula is C22H23N4O4+. The quantitative estimate of drug-likeness (QED) is 0.748. The van der Waals surface area contributed by atoms with Crippen LogP contribution in [0.25, 0.3) is 0 Å². The SMILES string of the molecule is N#Cc1cccc(NC(=O)C[NH+]2CCN(C(=O)[C@@H]3COc4ccccc4O3)CC2)c1. The minimum absolute atomic E-state index is 0.0821. The number of nitrogens with one attached hydrogen (secondary N) is 2. The molecule has 0 aromatic heterocycles. The lowest BCUT2D eigenvalue weighted by Crippen LogP contribution is -3.15. The van der Waals surface area contributed by atoms with Gasteiger partial charge in [-0.15, -0.1) is 0 Å². The Kier molecular flexibility index (Phi) is 5.82. The number of carbonyl (C=O) groups is 2. The number of amides is 2. The van der Waals surface area contributed by atoms with Crippen LogP contribution in [-0.2, 0) is 9.59 Å². The van der Waals surface area contributed by atoms with E-state index in [-0.39, 0.29) is 18.4 Å². The van der Waals surface area contributed by atoms with Gasteiger partial charge in [-0.1, -0.05) is 18.2 Å². The van der Waals surface area contributed by atoms with Gasteiger partial charge < -0.3 is 24.6 Å². The maximum atomic E-state index is 12.8. The van der Waals surface area contributed by atoms with E-state index in [0.29, 0.717) is 55.5 Å². The fourth-order valence-electron chi connectivity index (χ4n) is 3.66. The number of anilines is 1. The highest BCUT2D eigenvalue weighted by molar-refractivity contribution is 5.91. The summed E-state index contributed by atoms with van der Waals surface area (Å²) in [5.41, 5.74) is 1.12. The van der Waals surface area contributed by atoms with Crippen molar-refractivity contribution < 1.29 is 24.0 Å². The van der Waals surface area contributed by atoms with E-state index in [1.54, 1.807) is 35.2 Å². The largest absolute Gasteiger partial charge is 0.485 e. The van der Waals surface area contributed by atoms with Crippen LogP contribution in [0.5, 0.6) is 11.5 Å². The number of ether oxygens (including phenoxy) is 2. The highest BCUT2D eigenvalue weighted by atomic mass is 16.6. The number of fused-ring (bicyclic) bond motifs is 1. The molecule has 2 aromatic carbocycles. The van der Waals surface area contributed by atoms with Crippen molar-refractivity contribution in [3.05, 3.63) is 54.1 Å². The molecule has 30 heavy (non-hydrogen) atoms. The third-order valence-corrected chi connectivity index (χ3v) is 5.25. The third-order valence-electron chi connectivity index (χ3n) is 5.25. The Morgan fingerprint density at radius 3 is 2.67 bits per heavy atom. The number of hydrogen-bond acceptors (Lipinski definition) is 5. The molecule has 0 bridgehead atoms. The summed E-state index contributed by atoms with van der Waals surface area (Å²) >= 11 is 0. The van der Waals surface area contributed by atoms with Crippen molar-refractivity contribution in [3.8, 4) is 17.6 Å². The number of piperazine rings is 1. The molecule has 4 rings (SSSR count). The molecular weight excluding hydrogens is 384 g/mol. The van der Waals surface area contributed by atoms with Crippen LogP contribution in [-0.4, -0.2) is 62.1 Å². The molecule has 2 N–H and O–H groups in total. The van der Waals surface area contributed by atoms with E-state index in [1.807, 2.05) is 18.2 Å². The molecule has 2 aliphatic heterocycles. The predicted octanol–water partition coefficient (Wildman–Crippen LogP) is 0.0639. The van der Waals surface area contributed by atoms with Gasteiger partial charge in [0.25, 0.3) is 11.8 Å². The first-order chi connectivity index (χ1) is 14.6. The number of nitrogens with zero attached hydrogens (tertiary/aromatic N) is 2. The van der Waals surface area contributed by atoms with Crippen LogP contribution in [0.2, 0.25) is 0 Å². The smallest absolute Gasteiger partial charge is 0.279 e. The zero-order chi connectivity index (χ0) is 20.9. The van der Waals surface area contributed by atoms with Gasteiger partial charge in [0, 0.05) is 5.69 Å². The van der Waals surface area contributed by atoms with Crippen LogP contribution in [0.1, 0.15) is 5.56 Å². The fourth-order valence-corrected chi connectivity index (χ4v) is 3.66. The van der Waals surface area contributed by atoms with E-state index in [1.165, 1.54) is 0 Å². The van der Waals surface area contributed by atoms with Crippen LogP contribution < -0.4 is 19.7 Å². The van der Waals surface area contributed by atoms with E-state index >= 15 is 0 Å². The number of carbonyl (C=O) groups excluding carboxylic acids is 2. The Morgan fingerprint density at radius 2 is 1.90 bits per heavy atom. The first kappa shape index (κ1) is 19.7. The number of benzene rings is 2. The molecule has 2 aromatic rings. The first-order valence-electron chi connectivity index (χ1n) is 9.93. The zero-order valence-corrected chi connectivity index (χ0v) is 16.5. The average molecular weight is 407 g/mol. The summed E-state index contributed by atoms with van der Waals surface area (Å²) in [5, 5.41) is 11.8. The van der Waals surface area contributed by atoms with Gasteiger partial charge in [-0.05, 0) is 30.3 Å². The van der Waals surface area contributed by atoms with E-state index in [4.69, 9.17) is 14.7 Å². The Morgan fingerprint density at radius 1 is 1.13 bits per heavy atom. The van der Waals surface area contributed by atoms with Gasteiger partial charge >= 0.3 is 0 Å². The van der Waals surface area contributed by atoms with Crippen LogP contribution in [0.3, 0.4) is 0 Å². The summed E-state index contributed by atoms with van der Waals surface area (Å²) < 4.78 is 11.5. The molecule has 0 saturated carbocycles. The topological polar surface area (TPSA) is 96.1 Å². The molecule has 1 saturated heterocycles. The van der Waals surface area contributed by atoms with Crippen molar-refractivity contribution in [2.24, 2.45) is 0 Å². The minimum Gasteiger partial charge on any atom is -0.485 e. The molecule has 1 fully saturated rings. The Bertz CT molecular complexity index is 979. The standard InChI is InChI=1S/C22H22N4O4/c23-13-16-4-3-5-17(12-16)24-21(27)14-25-8-10-26(11-9-25)22(28)20-15-29-18-6-1-2-7-19(18)30-20/h1-7,12,20H,8-11,14-15H2,(H,24,27)/p+1/t20-/m0/s1. The van der Waals surface area contributed by atoms with Gasteiger partial charge in [0.1, 0.15) is 6.61 Å². The van der Waals surface area contributed by atoms with Gasteiger partial charge in [-0.2, -0.15) is 5.26 Å². The van der Waals surface area contributed by atoms with Crippen molar-refractivity contribution in [2.75, 3.05) is 44.6 Å². The van der Waals surface area contributed by atoms with Crippen molar-refractivity contribution in [1.82, 2.24) is 4.90 Å². The Hall–Kier alpha value is -3.57. The van der Waals surface area contributed by atoms with E-state index in [0.717, 1.165) is 4.90 Å². The predicted molar refractivity (Wildman–Crippen MR) is 108 cm³/mol. The molecule has 0 aliphatic carbocycles. The van der Waals surface area contributed by atoms with Gasteiger partial charge in [-0.25, -0.2) is 0 Å². The summed E-state index contributed by atoms with van der Waals surface area (Å²) in [6.07, 6.45) is -0.642. The molecule has 2 amide bonds. The van der Waals surface area contributed by atoms with Crippen LogP contribution >= 0.6 is 0 Å². The van der Waals surface area contributed by atoms with Gasteiger partial charge in [0.2, 0.25) is 6.10 Å². The molecule has 1 atom stereocenters. The maximum Gasteiger partial charge on any atom is 0.279 e. The summed E-state index contributed by atoms with van der Waals surface area (Å²) in [6.45, 7) is 3.01. The second kappa shape index (κ2) is 8.84. The second-order valence-electron chi connectivity index (χ2n) is 7.36. The lowest BCUT2D eigenvalue weighted by atomic mass is 10.2. The first-order valence-corrected chi connectivity index (χ1v) is 9.93. The molecule has 2 aliphatic rings. The highest BCUT2D eigenvalue weighted by Crippen LogP contribution is 2.31. The monoisotopic (exact) mass is 407 g/mol. The van der Waals surface area contributed by atoms with Crippen molar-refractivity contribution in [2.45, 2.75) is 6.10 Å². The number of nitriles is 1. The molecule has 2 heterocycles. The lowest BCUT2D eigenvalue weighted by molar-refractivity contribution is -0.895. The normalized spacial score (nSPS) is 18.4. The summed E-state index contributed by atoms with van der Waals surface area (Å²) in [6, 6.07) is 16.2. The lowest BCUT2D eigenvalue weighted by Gasteiger charge is -2.35. The maximum absolute atomic E-state index is 12.8. The Labute approximate surface area is 174 Å². The molecule has 0 radical (unpaired) electrons. The molecule has 0 unspecified atom stereocenters. The zero-order valence-electron chi connectivity index (χ0n) is 16.5. The summed E-state index contributed by atoms with van der Waals surface area (Å²) in [4.78, 5) is 28.0. The minimum atomic E-state index is -0.642. The second-order valence-corrected chi connectivity index (χ2v) is 7.36. The highest BCUT2D eigenvalue weighted by Gasteiger charge is 2.34. The van der Waals surface area contributed by atoms with Gasteiger partial charge in [0.05, 0.1) is 37.8 Å². The molecule has 0 spiro atoms. The van der Waals surface area contributed by atoms with E-state index in [2.05, 4.69) is 11.4 Å². The third kappa shape index (κ3) is 4.53. The van der Waals surface area contributed by atoms with Gasteiger partial charge in [0.15, 0.2) is 18.0 Å². The number of para-hydroxylation sites is 2. The molecule has 154 valence electrons. The van der Waals surface area contributed by atoms with E-state index < -0.39 is 6.10 Å². The summed E-state index contributed by atoms with van der Waals surface area (Å²) in [7, 11) is 0. The number of quaternary nitrogens is 1. The number of hydrogen-bond donors (Lipinski definition) is 2.